The van der Waals surface area contributed by atoms with Gasteiger partial charge in [0.15, 0.2) is 11.4 Å². The van der Waals surface area contributed by atoms with Gasteiger partial charge >= 0.3 is 7.94 Å². The summed E-state index contributed by atoms with van der Waals surface area (Å²) in [7, 11) is -2.79. The SMILES string of the molecule is CCO[P+](O)(OCC)C(C)C[C@H]1COC(C)(C)O1. The molecule has 0 amide bonds. The fourth-order valence-corrected chi connectivity index (χ4v) is 3.88. The first-order valence-corrected chi connectivity index (χ1v) is 8.20. The van der Waals surface area contributed by atoms with Gasteiger partial charge < -0.3 is 9.47 Å². The third-order valence-corrected chi connectivity index (χ3v) is 5.44. The van der Waals surface area contributed by atoms with Crippen LogP contribution in [0.1, 0.15) is 41.0 Å². The van der Waals surface area contributed by atoms with E-state index in [2.05, 4.69) is 0 Å². The molecule has 1 N–H and O–H groups in total. The van der Waals surface area contributed by atoms with E-state index in [4.69, 9.17) is 18.5 Å². The molecule has 1 aliphatic rings. The van der Waals surface area contributed by atoms with Crippen LogP contribution in [0.2, 0.25) is 0 Å². The van der Waals surface area contributed by atoms with Crippen molar-refractivity contribution in [2.24, 2.45) is 0 Å². The van der Waals surface area contributed by atoms with Crippen molar-refractivity contribution in [3.63, 3.8) is 0 Å². The van der Waals surface area contributed by atoms with Crippen molar-refractivity contribution in [2.75, 3.05) is 19.8 Å². The van der Waals surface area contributed by atoms with Crippen LogP contribution in [-0.4, -0.2) is 42.3 Å². The van der Waals surface area contributed by atoms with Crippen LogP contribution < -0.4 is 0 Å². The molecule has 18 heavy (non-hydrogen) atoms. The van der Waals surface area contributed by atoms with Crippen molar-refractivity contribution in [3.05, 3.63) is 0 Å². The van der Waals surface area contributed by atoms with Crippen molar-refractivity contribution >= 4 is 7.94 Å². The molecule has 0 aromatic carbocycles. The van der Waals surface area contributed by atoms with Gasteiger partial charge in [-0.25, -0.2) is 0 Å². The molecular weight excluding hydrogens is 255 g/mol. The molecule has 1 heterocycles. The summed E-state index contributed by atoms with van der Waals surface area (Å²) in [4.78, 5) is 10.4. The monoisotopic (exact) mass is 281 g/mol. The summed E-state index contributed by atoms with van der Waals surface area (Å²) in [5.74, 6) is -0.530. The van der Waals surface area contributed by atoms with Crippen LogP contribution in [0.3, 0.4) is 0 Å². The van der Waals surface area contributed by atoms with Crippen molar-refractivity contribution in [3.8, 4) is 0 Å². The molecule has 6 heteroatoms. The highest BCUT2D eigenvalue weighted by Crippen LogP contribution is 2.62. The number of ether oxygens (including phenoxy) is 2. The van der Waals surface area contributed by atoms with E-state index in [9.17, 15) is 4.89 Å². The second-order valence-corrected chi connectivity index (χ2v) is 7.46. The van der Waals surface area contributed by atoms with Crippen molar-refractivity contribution in [1.29, 1.82) is 0 Å². The third kappa shape index (κ3) is 4.41. The summed E-state index contributed by atoms with van der Waals surface area (Å²) in [5, 5.41) is 0. The van der Waals surface area contributed by atoms with Gasteiger partial charge in [-0.1, -0.05) is 0 Å². The van der Waals surface area contributed by atoms with E-state index < -0.39 is 13.7 Å². The molecule has 0 aromatic rings. The molecule has 1 unspecified atom stereocenters. The van der Waals surface area contributed by atoms with Gasteiger partial charge in [-0.2, -0.15) is 13.9 Å². The summed E-state index contributed by atoms with van der Waals surface area (Å²) in [6.45, 7) is 10.9. The molecule has 0 aromatic heterocycles. The molecule has 0 saturated carbocycles. The van der Waals surface area contributed by atoms with Gasteiger partial charge in [0.2, 0.25) is 0 Å². The summed E-state index contributed by atoms with van der Waals surface area (Å²) < 4.78 is 22.1. The molecular formula is C12H26O5P+. The molecule has 108 valence electrons. The maximum absolute atomic E-state index is 10.4. The second-order valence-electron chi connectivity index (χ2n) is 4.94. The van der Waals surface area contributed by atoms with Gasteiger partial charge in [0, 0.05) is 6.42 Å². The molecule has 0 aliphatic carbocycles. The third-order valence-electron chi connectivity index (χ3n) is 2.86. The van der Waals surface area contributed by atoms with Gasteiger partial charge in [0.05, 0.1) is 25.9 Å². The topological polar surface area (TPSA) is 57.2 Å². The second kappa shape index (κ2) is 6.60. The predicted molar refractivity (Wildman–Crippen MR) is 71.4 cm³/mol. The van der Waals surface area contributed by atoms with Gasteiger partial charge in [-0.3, -0.25) is 0 Å². The zero-order chi connectivity index (χ0) is 13.8. The zero-order valence-electron chi connectivity index (χ0n) is 12.0. The fraction of sp³-hybridized carbons (Fsp3) is 1.00. The van der Waals surface area contributed by atoms with Crippen molar-refractivity contribution < 1.29 is 23.4 Å². The highest BCUT2D eigenvalue weighted by molar-refractivity contribution is 7.61. The van der Waals surface area contributed by atoms with Crippen LogP contribution in [0, 0.1) is 0 Å². The minimum absolute atomic E-state index is 0.0116. The predicted octanol–water partition coefficient (Wildman–Crippen LogP) is 2.74. The molecule has 0 spiro atoms. The number of hydrogen-bond donors (Lipinski definition) is 1. The molecule has 5 nitrogen and oxygen atoms in total. The average Bonchev–Trinajstić information content (AvgIpc) is 2.58. The quantitative estimate of drug-likeness (QED) is 0.727. The Bertz CT molecular complexity index is 253. The zero-order valence-corrected chi connectivity index (χ0v) is 12.9. The Hall–Kier alpha value is 0.230. The Morgan fingerprint density at radius 3 is 2.28 bits per heavy atom. The van der Waals surface area contributed by atoms with Gasteiger partial charge in [-0.05, 0) is 34.6 Å². The largest absolute Gasteiger partial charge is 0.411 e. The van der Waals surface area contributed by atoms with Crippen LogP contribution in [0.25, 0.3) is 0 Å². The van der Waals surface area contributed by atoms with Crippen LogP contribution in [-0.2, 0) is 18.5 Å². The van der Waals surface area contributed by atoms with E-state index in [1.807, 2.05) is 34.6 Å². The lowest BCUT2D eigenvalue weighted by Gasteiger charge is -2.24. The van der Waals surface area contributed by atoms with E-state index >= 15 is 0 Å². The van der Waals surface area contributed by atoms with Crippen LogP contribution in [0.15, 0.2) is 0 Å². The Labute approximate surface area is 110 Å². The summed E-state index contributed by atoms with van der Waals surface area (Å²) >= 11 is 0. The lowest BCUT2D eigenvalue weighted by atomic mass is 10.2. The highest BCUT2D eigenvalue weighted by atomic mass is 31.2. The molecule has 2 atom stereocenters. The van der Waals surface area contributed by atoms with E-state index in [0.717, 1.165) is 0 Å². The first-order valence-electron chi connectivity index (χ1n) is 6.55. The van der Waals surface area contributed by atoms with Gasteiger partial charge in [-0.15, -0.1) is 0 Å². The fourth-order valence-electron chi connectivity index (χ4n) is 2.05. The molecule has 1 saturated heterocycles. The minimum Gasteiger partial charge on any atom is -0.348 e. The lowest BCUT2D eigenvalue weighted by Crippen LogP contribution is -2.25. The van der Waals surface area contributed by atoms with E-state index in [1.54, 1.807) is 0 Å². The van der Waals surface area contributed by atoms with Crippen LogP contribution in [0.5, 0.6) is 0 Å². The molecule has 1 fully saturated rings. The number of rotatable bonds is 7. The van der Waals surface area contributed by atoms with Crippen LogP contribution in [0.4, 0.5) is 0 Å². The van der Waals surface area contributed by atoms with E-state index in [1.165, 1.54) is 0 Å². The highest BCUT2D eigenvalue weighted by Gasteiger charge is 2.49. The smallest absolute Gasteiger partial charge is 0.348 e. The number of hydrogen-bond acceptors (Lipinski definition) is 5. The Balaban J connectivity index is 2.54. The van der Waals surface area contributed by atoms with E-state index in [0.29, 0.717) is 26.2 Å². The lowest BCUT2D eigenvalue weighted by molar-refractivity contribution is -0.139. The average molecular weight is 281 g/mol. The normalized spacial score (nSPS) is 25.3. The van der Waals surface area contributed by atoms with Gasteiger partial charge in [0.1, 0.15) is 0 Å². The summed E-state index contributed by atoms with van der Waals surface area (Å²) in [5.41, 5.74) is -0.0834. The van der Waals surface area contributed by atoms with Gasteiger partial charge in [0.25, 0.3) is 0 Å². The summed E-state index contributed by atoms with van der Waals surface area (Å²) in [6.07, 6.45) is 0.663. The first-order chi connectivity index (χ1) is 8.33. The minimum atomic E-state index is -2.79. The standard InChI is InChI=1S/C12H26O5P/c1-6-15-18(13,16-7-2)10(3)8-11-9-14-12(4,5)17-11/h10-11,13H,6-9H2,1-5H3/q+1/t10?,11-/m0/s1. The maximum Gasteiger partial charge on any atom is 0.411 e. The molecule has 0 radical (unpaired) electrons. The Morgan fingerprint density at radius 2 is 1.89 bits per heavy atom. The first kappa shape index (κ1) is 16.3. The summed E-state index contributed by atoms with van der Waals surface area (Å²) in [6, 6.07) is 0. The van der Waals surface area contributed by atoms with E-state index in [-0.39, 0.29) is 11.8 Å². The van der Waals surface area contributed by atoms with Crippen LogP contribution >= 0.6 is 7.94 Å². The molecule has 0 bridgehead atoms. The van der Waals surface area contributed by atoms with Crippen molar-refractivity contribution in [1.82, 2.24) is 0 Å². The molecule has 1 rings (SSSR count). The Morgan fingerprint density at radius 1 is 1.33 bits per heavy atom. The van der Waals surface area contributed by atoms with Crippen molar-refractivity contribution in [2.45, 2.75) is 58.6 Å². The maximum atomic E-state index is 10.4. The molecule has 1 aliphatic heterocycles. The Kier molecular flexibility index (Phi) is 5.97.